The first-order valence-corrected chi connectivity index (χ1v) is 10.3. The number of likely N-dealkylation sites (tertiary alicyclic amines) is 1. The lowest BCUT2D eigenvalue weighted by atomic mass is 9.86. The summed E-state index contributed by atoms with van der Waals surface area (Å²) in [5.74, 6) is 0.429. The van der Waals surface area contributed by atoms with E-state index < -0.39 is 0 Å². The Hall–Kier alpha value is -1.58. The fourth-order valence-corrected chi connectivity index (χ4v) is 5.67. The first kappa shape index (κ1) is 17.8. The zero-order valence-corrected chi connectivity index (χ0v) is 16.1. The average molecular weight is 359 g/mol. The monoisotopic (exact) mass is 358 g/mol. The number of carbonyl (C=O) groups is 1. The van der Waals surface area contributed by atoms with Crippen LogP contribution in [0.25, 0.3) is 0 Å². The third-order valence-corrected chi connectivity index (χ3v) is 6.76. The SMILES string of the molecule is CC1(C)C[C@H]2[C@H](CCCN2C(=O)C2CCCCC2)N1c1cccc(F)c1. The quantitative estimate of drug-likeness (QED) is 0.761. The second-order valence-corrected chi connectivity index (χ2v) is 9.01. The van der Waals surface area contributed by atoms with Gasteiger partial charge in [-0.25, -0.2) is 4.39 Å². The molecule has 1 amide bonds. The lowest BCUT2D eigenvalue weighted by molar-refractivity contribution is -0.140. The highest BCUT2D eigenvalue weighted by molar-refractivity contribution is 5.80. The highest BCUT2D eigenvalue weighted by Crippen LogP contribution is 2.44. The van der Waals surface area contributed by atoms with E-state index in [0.29, 0.717) is 11.9 Å². The summed E-state index contributed by atoms with van der Waals surface area (Å²) in [6.07, 6.45) is 8.87. The Balaban J connectivity index is 1.60. The van der Waals surface area contributed by atoms with Gasteiger partial charge in [0.1, 0.15) is 5.82 Å². The van der Waals surface area contributed by atoms with Crippen LogP contribution in [0.4, 0.5) is 10.1 Å². The molecule has 1 aromatic rings. The van der Waals surface area contributed by atoms with Crippen molar-refractivity contribution in [2.45, 2.75) is 82.8 Å². The van der Waals surface area contributed by atoms with E-state index in [-0.39, 0.29) is 23.3 Å². The average Bonchev–Trinajstić information content (AvgIpc) is 2.91. The summed E-state index contributed by atoms with van der Waals surface area (Å²) in [7, 11) is 0. The van der Waals surface area contributed by atoms with Crippen LogP contribution in [0.2, 0.25) is 0 Å². The Morgan fingerprint density at radius 3 is 2.58 bits per heavy atom. The molecule has 1 saturated carbocycles. The van der Waals surface area contributed by atoms with Crippen molar-refractivity contribution in [2.75, 3.05) is 11.4 Å². The van der Waals surface area contributed by atoms with E-state index in [1.54, 1.807) is 12.1 Å². The highest BCUT2D eigenvalue weighted by atomic mass is 19.1. The molecule has 2 aliphatic heterocycles. The van der Waals surface area contributed by atoms with Gasteiger partial charge in [0.2, 0.25) is 5.91 Å². The van der Waals surface area contributed by atoms with Crippen LogP contribution in [0.5, 0.6) is 0 Å². The van der Waals surface area contributed by atoms with Gasteiger partial charge in [-0.2, -0.15) is 0 Å². The van der Waals surface area contributed by atoms with Gasteiger partial charge in [0.25, 0.3) is 0 Å². The van der Waals surface area contributed by atoms with Crippen LogP contribution in [0.3, 0.4) is 0 Å². The summed E-state index contributed by atoms with van der Waals surface area (Å²) in [6.45, 7) is 5.36. The molecule has 1 aromatic carbocycles. The van der Waals surface area contributed by atoms with E-state index in [1.165, 1.54) is 25.3 Å². The third-order valence-electron chi connectivity index (χ3n) is 6.76. The molecule has 3 fully saturated rings. The molecule has 0 bridgehead atoms. The van der Waals surface area contributed by atoms with Gasteiger partial charge in [-0.1, -0.05) is 25.3 Å². The number of hydrogen-bond donors (Lipinski definition) is 0. The minimum absolute atomic E-state index is 0.0709. The molecule has 2 saturated heterocycles. The van der Waals surface area contributed by atoms with Crippen LogP contribution >= 0.6 is 0 Å². The van der Waals surface area contributed by atoms with Gasteiger partial charge in [0.05, 0.1) is 12.1 Å². The van der Waals surface area contributed by atoms with E-state index in [9.17, 15) is 9.18 Å². The smallest absolute Gasteiger partial charge is 0.226 e. The first-order chi connectivity index (χ1) is 12.5. The second kappa shape index (κ2) is 6.86. The van der Waals surface area contributed by atoms with Crippen LogP contribution in [-0.2, 0) is 4.79 Å². The maximum atomic E-state index is 13.9. The molecule has 2 atom stereocenters. The molecule has 0 spiro atoms. The van der Waals surface area contributed by atoms with Gasteiger partial charge in [0, 0.05) is 23.7 Å². The number of nitrogens with zero attached hydrogens (tertiary/aromatic N) is 2. The van der Waals surface area contributed by atoms with Crippen molar-refractivity contribution in [3.05, 3.63) is 30.1 Å². The number of carbonyl (C=O) groups excluding carboxylic acids is 1. The number of hydrogen-bond acceptors (Lipinski definition) is 2. The Labute approximate surface area is 156 Å². The minimum atomic E-state index is -0.187. The van der Waals surface area contributed by atoms with Crippen LogP contribution in [0, 0.1) is 11.7 Å². The number of piperidine rings is 1. The second-order valence-electron chi connectivity index (χ2n) is 9.01. The molecule has 0 radical (unpaired) electrons. The zero-order valence-electron chi connectivity index (χ0n) is 16.1. The summed E-state index contributed by atoms with van der Waals surface area (Å²) >= 11 is 0. The Bertz CT molecular complexity index is 668. The Kier molecular flexibility index (Phi) is 4.70. The van der Waals surface area contributed by atoms with Gasteiger partial charge in [-0.15, -0.1) is 0 Å². The third kappa shape index (κ3) is 3.12. The lowest BCUT2D eigenvalue weighted by Gasteiger charge is -2.43. The number of rotatable bonds is 2. The molecule has 26 heavy (non-hydrogen) atoms. The summed E-state index contributed by atoms with van der Waals surface area (Å²) < 4.78 is 13.9. The maximum absolute atomic E-state index is 13.9. The maximum Gasteiger partial charge on any atom is 0.226 e. The van der Waals surface area contributed by atoms with Gasteiger partial charge in [-0.05, 0) is 64.2 Å². The number of anilines is 1. The normalized spacial score (nSPS) is 28.9. The molecule has 3 nitrogen and oxygen atoms in total. The Morgan fingerprint density at radius 1 is 1.08 bits per heavy atom. The predicted molar refractivity (Wildman–Crippen MR) is 103 cm³/mol. The fraction of sp³-hybridized carbons (Fsp3) is 0.682. The standard InChI is InChI=1S/C22H31FN2O/c1-22(2)15-20-19(25(22)18-11-6-10-17(23)14-18)12-7-13-24(20)21(26)16-8-4-3-5-9-16/h6,10-11,14,16,19-20H,3-5,7-9,12-13,15H2,1-2H3/t19-,20-/m0/s1. The molecule has 3 aliphatic rings. The summed E-state index contributed by atoms with van der Waals surface area (Å²) in [5.41, 5.74) is 0.882. The van der Waals surface area contributed by atoms with Crippen LogP contribution < -0.4 is 4.90 Å². The first-order valence-electron chi connectivity index (χ1n) is 10.3. The molecule has 0 aromatic heterocycles. The Morgan fingerprint density at radius 2 is 1.85 bits per heavy atom. The molecule has 0 unspecified atom stereocenters. The summed E-state index contributed by atoms with van der Waals surface area (Å²) in [4.78, 5) is 17.8. The van der Waals surface area contributed by atoms with Gasteiger partial charge < -0.3 is 9.80 Å². The fourth-order valence-electron chi connectivity index (χ4n) is 5.67. The molecular weight excluding hydrogens is 327 g/mol. The van der Waals surface area contributed by atoms with E-state index in [1.807, 2.05) is 6.07 Å². The molecule has 1 aliphatic carbocycles. The van der Waals surface area contributed by atoms with Crippen molar-refractivity contribution in [3.8, 4) is 0 Å². The van der Waals surface area contributed by atoms with Crippen molar-refractivity contribution in [3.63, 3.8) is 0 Å². The van der Waals surface area contributed by atoms with E-state index >= 15 is 0 Å². The van der Waals surface area contributed by atoms with Crippen LogP contribution in [-0.4, -0.2) is 35.0 Å². The van der Waals surface area contributed by atoms with Crippen molar-refractivity contribution in [1.82, 2.24) is 4.90 Å². The zero-order chi connectivity index (χ0) is 18.3. The molecule has 4 rings (SSSR count). The number of halogens is 1. The molecule has 4 heteroatoms. The van der Waals surface area contributed by atoms with E-state index in [2.05, 4.69) is 23.6 Å². The van der Waals surface area contributed by atoms with Gasteiger partial charge in [-0.3, -0.25) is 4.79 Å². The summed E-state index contributed by atoms with van der Waals surface area (Å²) in [5, 5.41) is 0. The summed E-state index contributed by atoms with van der Waals surface area (Å²) in [6, 6.07) is 7.51. The molecular formula is C22H31FN2O. The number of benzene rings is 1. The number of fused-ring (bicyclic) bond motifs is 1. The van der Waals surface area contributed by atoms with Crippen LogP contribution in [0.1, 0.15) is 65.2 Å². The molecule has 142 valence electrons. The lowest BCUT2D eigenvalue weighted by Crippen LogP contribution is -2.54. The predicted octanol–water partition coefficient (Wildman–Crippen LogP) is 4.75. The minimum Gasteiger partial charge on any atom is -0.361 e. The van der Waals surface area contributed by atoms with Crippen molar-refractivity contribution in [1.29, 1.82) is 0 Å². The topological polar surface area (TPSA) is 23.6 Å². The van der Waals surface area contributed by atoms with Gasteiger partial charge >= 0.3 is 0 Å². The van der Waals surface area contributed by atoms with E-state index in [0.717, 1.165) is 44.3 Å². The highest BCUT2D eigenvalue weighted by Gasteiger charge is 2.51. The largest absolute Gasteiger partial charge is 0.361 e. The van der Waals surface area contributed by atoms with Crippen molar-refractivity contribution < 1.29 is 9.18 Å². The molecule has 0 N–H and O–H groups in total. The van der Waals surface area contributed by atoms with Crippen LogP contribution in [0.15, 0.2) is 24.3 Å². The van der Waals surface area contributed by atoms with Gasteiger partial charge in [0.15, 0.2) is 0 Å². The number of amides is 1. The van der Waals surface area contributed by atoms with E-state index in [4.69, 9.17) is 0 Å². The molecule has 2 heterocycles. The van der Waals surface area contributed by atoms with Crippen molar-refractivity contribution >= 4 is 11.6 Å². The van der Waals surface area contributed by atoms with Crippen molar-refractivity contribution in [2.24, 2.45) is 5.92 Å².